The van der Waals surface area contributed by atoms with Crippen molar-refractivity contribution in [2.75, 3.05) is 12.3 Å². The second-order valence-corrected chi connectivity index (χ2v) is 14.7. The van der Waals surface area contributed by atoms with E-state index in [0.717, 1.165) is 42.4 Å². The first-order valence-electron chi connectivity index (χ1n) is 17.0. The van der Waals surface area contributed by atoms with Crippen LogP contribution in [0.1, 0.15) is 109 Å². The molecule has 3 amide bonds. The predicted molar refractivity (Wildman–Crippen MR) is 194 cm³/mol. The molecule has 0 bridgehead atoms. The second-order valence-electron chi connectivity index (χ2n) is 14.4. The second kappa shape index (κ2) is 18.9. The maximum atomic E-state index is 14.6. The molecular formula is C38H57N3O6S. The molecular weight excluding hydrogens is 627 g/mol. The molecule has 2 aromatic rings. The summed E-state index contributed by atoms with van der Waals surface area (Å²) in [4.78, 5) is 56.9. The van der Waals surface area contributed by atoms with Crippen molar-refractivity contribution in [3.63, 3.8) is 0 Å². The summed E-state index contributed by atoms with van der Waals surface area (Å²) in [6.07, 6.45) is 4.06. The molecule has 0 aromatic heterocycles. The molecule has 0 fully saturated rings. The molecule has 0 aliphatic rings. The monoisotopic (exact) mass is 683 g/mol. The van der Waals surface area contributed by atoms with Crippen LogP contribution in [0.25, 0.3) is 0 Å². The summed E-state index contributed by atoms with van der Waals surface area (Å²) >= 11 is 4.41. The molecule has 0 saturated carbocycles. The fourth-order valence-corrected chi connectivity index (χ4v) is 5.58. The highest BCUT2D eigenvalue weighted by Gasteiger charge is 2.38. The van der Waals surface area contributed by atoms with Crippen molar-refractivity contribution >= 4 is 36.5 Å². The van der Waals surface area contributed by atoms with Gasteiger partial charge in [0.2, 0.25) is 11.8 Å². The first kappa shape index (κ1) is 40.6. The lowest BCUT2D eigenvalue weighted by Crippen LogP contribution is -2.55. The number of hydrogen-bond donors (Lipinski definition) is 3. The first-order valence-corrected chi connectivity index (χ1v) is 17.6. The van der Waals surface area contributed by atoms with E-state index in [1.807, 2.05) is 62.4 Å². The van der Waals surface area contributed by atoms with Crippen LogP contribution in [0.4, 0.5) is 4.79 Å². The van der Waals surface area contributed by atoms with E-state index in [1.54, 1.807) is 41.5 Å². The summed E-state index contributed by atoms with van der Waals surface area (Å²) in [6, 6.07) is 11.9. The van der Waals surface area contributed by atoms with Crippen LogP contribution >= 0.6 is 12.6 Å². The highest BCUT2D eigenvalue weighted by Crippen LogP contribution is 2.28. The van der Waals surface area contributed by atoms with Gasteiger partial charge in [-0.05, 0) is 78.5 Å². The Morgan fingerprint density at radius 2 is 1.44 bits per heavy atom. The summed E-state index contributed by atoms with van der Waals surface area (Å²) in [5, 5.41) is 5.63. The normalized spacial score (nSPS) is 13.5. The number of thiol groups is 1. The van der Waals surface area contributed by atoms with Crippen LogP contribution in [0.3, 0.4) is 0 Å². The van der Waals surface area contributed by atoms with E-state index in [-0.39, 0.29) is 18.7 Å². The average Bonchev–Trinajstić information content (AvgIpc) is 2.98. The van der Waals surface area contributed by atoms with Crippen molar-refractivity contribution in [2.24, 2.45) is 0 Å². The summed E-state index contributed by atoms with van der Waals surface area (Å²) in [6.45, 7) is 16.8. The highest BCUT2D eigenvalue weighted by atomic mass is 32.1. The molecule has 2 N–H and O–H groups in total. The van der Waals surface area contributed by atoms with Gasteiger partial charge < -0.3 is 25.0 Å². The number of aryl methyl sites for hydroxylation is 2. The number of nitrogens with one attached hydrogen (secondary N) is 2. The van der Waals surface area contributed by atoms with Gasteiger partial charge in [0, 0.05) is 18.7 Å². The van der Waals surface area contributed by atoms with Crippen molar-refractivity contribution in [3.8, 4) is 0 Å². The van der Waals surface area contributed by atoms with E-state index in [1.165, 1.54) is 4.90 Å². The molecule has 9 nitrogen and oxygen atoms in total. The Morgan fingerprint density at radius 1 is 0.812 bits per heavy atom. The first-order chi connectivity index (χ1) is 22.5. The summed E-state index contributed by atoms with van der Waals surface area (Å²) in [5.74, 6) is -1.58. The third-order valence-electron chi connectivity index (χ3n) is 7.53. The molecule has 0 radical (unpaired) electrons. The lowest BCUT2D eigenvalue weighted by molar-refractivity contribution is -0.159. The van der Waals surface area contributed by atoms with Gasteiger partial charge in [-0.1, -0.05) is 86.7 Å². The van der Waals surface area contributed by atoms with Crippen molar-refractivity contribution in [2.45, 2.75) is 130 Å². The smallest absolute Gasteiger partial charge is 0.408 e. The fraction of sp³-hybridized carbons (Fsp3) is 0.579. The lowest BCUT2D eigenvalue weighted by atomic mass is 9.95. The number of unbranched alkanes of at least 4 members (excludes halogenated alkanes) is 4. The summed E-state index contributed by atoms with van der Waals surface area (Å²) < 4.78 is 11.2. The number of carbonyl (C=O) groups excluding carboxylic acids is 4. The molecule has 2 aromatic carbocycles. The SMILES string of the molecule is CCCCCCCN(C(=O)C(CS)NC(=O)OC(C)(C)C)C(C(=O)NC(Cc1ccccc1)C(=O)OC(C)(C)C)c1ccc(C)cc1C. The van der Waals surface area contributed by atoms with E-state index in [9.17, 15) is 19.2 Å². The topological polar surface area (TPSA) is 114 Å². The fourth-order valence-electron chi connectivity index (χ4n) is 5.34. The van der Waals surface area contributed by atoms with E-state index in [2.05, 4.69) is 30.2 Å². The zero-order valence-electron chi connectivity index (χ0n) is 30.4. The number of hydrogen-bond acceptors (Lipinski definition) is 7. The van der Waals surface area contributed by atoms with Crippen LogP contribution in [0.15, 0.2) is 48.5 Å². The standard InChI is InChI=1S/C38H57N3O6S/c1-10-11-12-13-17-22-41(34(43)31(25-48)40-36(45)47-38(7,8)9)32(29-21-20-26(2)23-27(29)3)33(42)39-30(35(44)46-37(4,5)6)24-28-18-15-14-16-19-28/h14-16,18-21,23,30-32,48H,10-13,17,22,24-25H2,1-9H3,(H,39,42)(H,40,45). The minimum absolute atomic E-state index is 0.0137. The largest absolute Gasteiger partial charge is 0.458 e. The minimum atomic E-state index is -1.10. The van der Waals surface area contributed by atoms with Crippen LogP contribution in [-0.4, -0.2) is 64.4 Å². The number of esters is 1. The molecule has 0 aliphatic heterocycles. The average molecular weight is 684 g/mol. The Kier molecular flexibility index (Phi) is 16.0. The van der Waals surface area contributed by atoms with Gasteiger partial charge in [0.1, 0.15) is 29.3 Å². The molecule has 48 heavy (non-hydrogen) atoms. The Hall–Kier alpha value is -3.53. The van der Waals surface area contributed by atoms with E-state index >= 15 is 0 Å². The maximum absolute atomic E-state index is 14.6. The van der Waals surface area contributed by atoms with Gasteiger partial charge in [-0.3, -0.25) is 9.59 Å². The minimum Gasteiger partial charge on any atom is -0.458 e. The van der Waals surface area contributed by atoms with Crippen LogP contribution < -0.4 is 10.6 Å². The van der Waals surface area contributed by atoms with Gasteiger partial charge in [0.25, 0.3) is 0 Å². The van der Waals surface area contributed by atoms with Gasteiger partial charge in [0.15, 0.2) is 0 Å². The quantitative estimate of drug-likeness (QED) is 0.0995. The van der Waals surface area contributed by atoms with Gasteiger partial charge in [-0.2, -0.15) is 12.6 Å². The third kappa shape index (κ3) is 13.9. The number of carbonyl (C=O) groups is 4. The van der Waals surface area contributed by atoms with Gasteiger partial charge in [-0.15, -0.1) is 0 Å². The molecule has 3 atom stereocenters. The molecule has 0 spiro atoms. The number of alkyl carbamates (subject to hydrolysis) is 1. The Bertz CT molecular complexity index is 1350. The third-order valence-corrected chi connectivity index (χ3v) is 7.89. The van der Waals surface area contributed by atoms with Crippen LogP contribution in [0, 0.1) is 13.8 Å². The van der Waals surface area contributed by atoms with Crippen LogP contribution in [0.5, 0.6) is 0 Å². The van der Waals surface area contributed by atoms with Gasteiger partial charge in [-0.25, -0.2) is 9.59 Å². The number of rotatable bonds is 16. The lowest BCUT2D eigenvalue weighted by Gasteiger charge is -2.36. The van der Waals surface area contributed by atoms with E-state index in [4.69, 9.17) is 9.47 Å². The highest BCUT2D eigenvalue weighted by molar-refractivity contribution is 7.80. The van der Waals surface area contributed by atoms with E-state index < -0.39 is 53.2 Å². The van der Waals surface area contributed by atoms with Crippen molar-refractivity contribution in [1.82, 2.24) is 15.5 Å². The van der Waals surface area contributed by atoms with Gasteiger partial charge in [0.05, 0.1) is 0 Å². The van der Waals surface area contributed by atoms with Crippen LogP contribution in [0.2, 0.25) is 0 Å². The predicted octanol–water partition coefficient (Wildman–Crippen LogP) is 7.04. The molecule has 0 heterocycles. The molecule has 10 heteroatoms. The molecule has 2 rings (SSSR count). The summed E-state index contributed by atoms with van der Waals surface area (Å²) in [7, 11) is 0. The van der Waals surface area contributed by atoms with E-state index in [0.29, 0.717) is 12.0 Å². The zero-order chi connectivity index (χ0) is 36.1. The maximum Gasteiger partial charge on any atom is 0.408 e. The Balaban J connectivity index is 2.62. The Morgan fingerprint density at radius 3 is 2.00 bits per heavy atom. The molecule has 266 valence electrons. The number of ether oxygens (including phenoxy) is 2. The summed E-state index contributed by atoms with van der Waals surface area (Å²) in [5.41, 5.74) is 1.73. The number of benzene rings is 2. The Labute approximate surface area is 293 Å². The van der Waals surface area contributed by atoms with Gasteiger partial charge >= 0.3 is 12.1 Å². The van der Waals surface area contributed by atoms with Crippen molar-refractivity contribution < 1.29 is 28.7 Å². The molecule has 0 aliphatic carbocycles. The molecule has 0 saturated heterocycles. The number of nitrogens with zero attached hydrogens (tertiary/aromatic N) is 1. The zero-order valence-corrected chi connectivity index (χ0v) is 31.2. The molecule has 3 unspecified atom stereocenters. The van der Waals surface area contributed by atoms with Crippen molar-refractivity contribution in [1.29, 1.82) is 0 Å². The van der Waals surface area contributed by atoms with Crippen LogP contribution in [-0.2, 0) is 30.3 Å². The number of amides is 3. The van der Waals surface area contributed by atoms with Crippen molar-refractivity contribution in [3.05, 3.63) is 70.8 Å².